The van der Waals surface area contributed by atoms with Crippen LogP contribution in [0.15, 0.2) is 4.79 Å². The van der Waals surface area contributed by atoms with Crippen LogP contribution in [0.2, 0.25) is 0 Å². The summed E-state index contributed by atoms with van der Waals surface area (Å²) >= 11 is 0.850. The number of nitrogens with zero attached hydrogens (tertiary/aromatic N) is 3. The topological polar surface area (TPSA) is 58.7 Å². The maximum absolute atomic E-state index is 10.6. The van der Waals surface area contributed by atoms with Gasteiger partial charge in [0.2, 0.25) is 5.01 Å². The van der Waals surface area contributed by atoms with Crippen LogP contribution in [0, 0.1) is 11.3 Å². The van der Waals surface area contributed by atoms with Gasteiger partial charge in [-0.2, -0.15) is 5.26 Å². The van der Waals surface area contributed by atoms with E-state index in [1.807, 2.05) is 0 Å². The molecule has 1 aromatic heterocycles. The highest BCUT2D eigenvalue weighted by atomic mass is 32.1. The van der Waals surface area contributed by atoms with E-state index in [0.29, 0.717) is 0 Å². The molecule has 0 amide bonds. The van der Waals surface area contributed by atoms with Crippen molar-refractivity contribution < 1.29 is 0 Å². The van der Waals surface area contributed by atoms with Gasteiger partial charge in [-0.15, -0.1) is 5.10 Å². The van der Waals surface area contributed by atoms with Gasteiger partial charge in [-0.1, -0.05) is 0 Å². The van der Waals surface area contributed by atoms with Gasteiger partial charge in [0.1, 0.15) is 6.07 Å². The van der Waals surface area contributed by atoms with Gasteiger partial charge in [0.25, 0.3) is 0 Å². The van der Waals surface area contributed by atoms with E-state index in [0.717, 1.165) is 16.0 Å². The highest BCUT2D eigenvalue weighted by molar-refractivity contribution is 7.09. The molecule has 0 fully saturated rings. The third kappa shape index (κ3) is 0.976. The Balaban J connectivity index is 3.33. The molecule has 9 heavy (non-hydrogen) atoms. The van der Waals surface area contributed by atoms with Crippen LogP contribution in [0.3, 0.4) is 0 Å². The van der Waals surface area contributed by atoms with Crippen molar-refractivity contribution in [2.75, 3.05) is 0 Å². The Labute approximate surface area is 55.0 Å². The first kappa shape index (κ1) is 5.98. The molecule has 0 aliphatic rings. The summed E-state index contributed by atoms with van der Waals surface area (Å²) in [6, 6.07) is 1.78. The van der Waals surface area contributed by atoms with Gasteiger partial charge in [0.05, 0.1) is 0 Å². The van der Waals surface area contributed by atoms with Crippen LogP contribution in [0.25, 0.3) is 0 Å². The monoisotopic (exact) mass is 141 g/mol. The first-order valence-corrected chi connectivity index (χ1v) is 3.00. The van der Waals surface area contributed by atoms with Crippen LogP contribution in [-0.2, 0) is 7.05 Å². The summed E-state index contributed by atoms with van der Waals surface area (Å²) in [5.41, 5.74) is 0. The van der Waals surface area contributed by atoms with Crippen molar-refractivity contribution in [1.29, 1.82) is 5.26 Å². The van der Waals surface area contributed by atoms with Gasteiger partial charge in [0.15, 0.2) is 0 Å². The second-order valence-corrected chi connectivity index (χ2v) is 2.35. The summed E-state index contributed by atoms with van der Waals surface area (Å²) < 4.78 is 1.14. The molecule has 0 aliphatic heterocycles. The molecular formula is C4H3N3OS. The summed E-state index contributed by atoms with van der Waals surface area (Å²) in [5.74, 6) is 0. The lowest BCUT2D eigenvalue weighted by molar-refractivity contribution is 0.738. The zero-order valence-corrected chi connectivity index (χ0v) is 5.47. The van der Waals surface area contributed by atoms with Crippen LogP contribution in [0.5, 0.6) is 0 Å². The molecule has 1 aromatic rings. The van der Waals surface area contributed by atoms with Gasteiger partial charge in [-0.25, -0.2) is 4.68 Å². The van der Waals surface area contributed by atoms with E-state index in [2.05, 4.69) is 5.10 Å². The molecule has 0 bridgehead atoms. The van der Waals surface area contributed by atoms with Crippen molar-refractivity contribution in [2.24, 2.45) is 7.05 Å². The maximum atomic E-state index is 10.6. The van der Waals surface area contributed by atoms with E-state index >= 15 is 0 Å². The lowest BCUT2D eigenvalue weighted by Gasteiger charge is -1.75. The Kier molecular flexibility index (Phi) is 1.32. The fourth-order valence-corrected chi connectivity index (χ4v) is 0.939. The normalized spacial score (nSPS) is 8.89. The molecule has 46 valence electrons. The molecule has 0 radical (unpaired) electrons. The average Bonchev–Trinajstić information content (AvgIpc) is 2.13. The predicted octanol–water partition coefficient (Wildman–Crippen LogP) is -0.287. The lowest BCUT2D eigenvalue weighted by atomic mass is 10.8. The predicted molar refractivity (Wildman–Crippen MR) is 32.1 cm³/mol. The molecule has 0 atom stereocenters. The Hall–Kier alpha value is -1.15. The number of nitriles is 1. The van der Waals surface area contributed by atoms with E-state index in [9.17, 15) is 4.79 Å². The minimum atomic E-state index is -0.202. The highest BCUT2D eigenvalue weighted by Gasteiger charge is 1.98. The molecule has 0 N–H and O–H groups in total. The first-order valence-electron chi connectivity index (χ1n) is 2.18. The quantitative estimate of drug-likeness (QED) is 0.499. The summed E-state index contributed by atoms with van der Waals surface area (Å²) in [6.07, 6.45) is 0. The van der Waals surface area contributed by atoms with E-state index in [-0.39, 0.29) is 9.88 Å². The molecule has 1 heterocycles. The van der Waals surface area contributed by atoms with E-state index in [1.54, 1.807) is 6.07 Å². The summed E-state index contributed by atoms with van der Waals surface area (Å²) in [4.78, 5) is 10.4. The van der Waals surface area contributed by atoms with E-state index in [1.165, 1.54) is 7.05 Å². The maximum Gasteiger partial charge on any atom is 0.325 e. The van der Waals surface area contributed by atoms with E-state index < -0.39 is 0 Å². The largest absolute Gasteiger partial charge is 0.325 e. The van der Waals surface area contributed by atoms with Gasteiger partial charge >= 0.3 is 4.87 Å². The number of hydrogen-bond acceptors (Lipinski definition) is 4. The van der Waals surface area contributed by atoms with Gasteiger partial charge in [-0.05, 0) is 11.3 Å². The third-order valence-electron chi connectivity index (χ3n) is 0.785. The minimum Gasteiger partial charge on any atom is -0.255 e. The molecule has 4 nitrogen and oxygen atoms in total. The van der Waals surface area contributed by atoms with E-state index in [4.69, 9.17) is 5.26 Å². The standard InChI is InChI=1S/C4H3N3OS/c1-7-4(8)9-3(2-5)6-7/h1H3. The lowest BCUT2D eigenvalue weighted by Crippen LogP contribution is -2.08. The Morgan fingerprint density at radius 3 is 2.78 bits per heavy atom. The Morgan fingerprint density at radius 2 is 2.56 bits per heavy atom. The second-order valence-electron chi connectivity index (χ2n) is 1.41. The van der Waals surface area contributed by atoms with Crippen molar-refractivity contribution in [1.82, 2.24) is 9.78 Å². The molecule has 0 aliphatic carbocycles. The smallest absolute Gasteiger partial charge is 0.255 e. The summed E-state index contributed by atoms with van der Waals surface area (Å²) in [7, 11) is 1.51. The van der Waals surface area contributed by atoms with Gasteiger partial charge in [0, 0.05) is 7.05 Å². The molecule has 0 saturated heterocycles. The third-order valence-corrected chi connectivity index (χ3v) is 1.59. The molecular weight excluding hydrogens is 138 g/mol. The SMILES string of the molecule is Cn1nc(C#N)sc1=O. The van der Waals surface area contributed by atoms with Crippen molar-refractivity contribution in [3.05, 3.63) is 14.7 Å². The number of aromatic nitrogens is 2. The zero-order valence-electron chi connectivity index (χ0n) is 4.66. The Bertz CT molecular complexity index is 304. The molecule has 0 unspecified atom stereocenters. The first-order chi connectivity index (χ1) is 4.24. The molecule has 1 rings (SSSR count). The van der Waals surface area contributed by atoms with Gasteiger partial charge < -0.3 is 0 Å². The minimum absolute atomic E-state index is 0.202. The summed E-state index contributed by atoms with van der Waals surface area (Å²) in [5, 5.41) is 12.0. The van der Waals surface area contributed by atoms with Crippen molar-refractivity contribution in [2.45, 2.75) is 0 Å². The highest BCUT2D eigenvalue weighted by Crippen LogP contribution is 1.92. The second kappa shape index (κ2) is 1.99. The van der Waals surface area contributed by atoms with Crippen molar-refractivity contribution in [3.63, 3.8) is 0 Å². The fraction of sp³-hybridized carbons (Fsp3) is 0.250. The Morgan fingerprint density at radius 1 is 1.89 bits per heavy atom. The molecule has 0 aromatic carbocycles. The summed E-state index contributed by atoms with van der Waals surface area (Å²) in [6.45, 7) is 0. The van der Waals surface area contributed by atoms with Crippen LogP contribution in [-0.4, -0.2) is 9.78 Å². The number of rotatable bonds is 0. The van der Waals surface area contributed by atoms with Crippen LogP contribution in [0.4, 0.5) is 0 Å². The van der Waals surface area contributed by atoms with Crippen LogP contribution < -0.4 is 4.87 Å². The van der Waals surface area contributed by atoms with Crippen molar-refractivity contribution >= 4 is 11.3 Å². The fourth-order valence-electron chi connectivity index (χ4n) is 0.391. The van der Waals surface area contributed by atoms with Crippen LogP contribution >= 0.6 is 11.3 Å². The van der Waals surface area contributed by atoms with Crippen LogP contribution in [0.1, 0.15) is 5.01 Å². The molecule has 0 saturated carbocycles. The number of hydrogen-bond donors (Lipinski definition) is 0. The molecule has 5 heteroatoms. The zero-order chi connectivity index (χ0) is 6.85. The van der Waals surface area contributed by atoms with Gasteiger partial charge in [-0.3, -0.25) is 4.79 Å². The number of aryl methyl sites for hydroxylation is 1. The average molecular weight is 141 g/mol. The molecule has 0 spiro atoms. The van der Waals surface area contributed by atoms with Crippen molar-refractivity contribution in [3.8, 4) is 6.07 Å².